The van der Waals surface area contributed by atoms with E-state index in [1.165, 1.54) is 6.92 Å². The maximum atomic E-state index is 12.1. The average Bonchev–Trinajstić information content (AvgIpc) is 2.79. The van der Waals surface area contributed by atoms with Crippen molar-refractivity contribution < 1.29 is 19.1 Å². The van der Waals surface area contributed by atoms with Gasteiger partial charge >= 0.3 is 6.09 Å². The van der Waals surface area contributed by atoms with E-state index in [9.17, 15) is 14.4 Å². The van der Waals surface area contributed by atoms with E-state index < -0.39 is 6.09 Å². The molecule has 2 heterocycles. The van der Waals surface area contributed by atoms with Crippen LogP contribution in [0.2, 0.25) is 0 Å². The van der Waals surface area contributed by atoms with Crippen LogP contribution in [0.3, 0.4) is 0 Å². The number of carbonyl (C=O) groups is 3. The van der Waals surface area contributed by atoms with Gasteiger partial charge in [-0.25, -0.2) is 4.79 Å². The van der Waals surface area contributed by atoms with Crippen LogP contribution >= 0.6 is 0 Å². The van der Waals surface area contributed by atoms with Crippen LogP contribution in [-0.2, 0) is 27.3 Å². The van der Waals surface area contributed by atoms with E-state index in [2.05, 4.69) is 5.32 Å². The summed E-state index contributed by atoms with van der Waals surface area (Å²) in [4.78, 5) is 38.4. The second-order valence-corrected chi connectivity index (χ2v) is 6.53. The molecule has 7 heteroatoms. The van der Waals surface area contributed by atoms with Gasteiger partial charge in [0.1, 0.15) is 6.61 Å². The van der Waals surface area contributed by atoms with Crippen LogP contribution in [0.5, 0.6) is 0 Å². The van der Waals surface area contributed by atoms with Crippen LogP contribution in [-0.4, -0.2) is 48.5 Å². The van der Waals surface area contributed by atoms with Crippen molar-refractivity contribution in [1.82, 2.24) is 10.2 Å². The number of amides is 3. The van der Waals surface area contributed by atoms with E-state index in [-0.39, 0.29) is 24.5 Å². The lowest BCUT2D eigenvalue weighted by Gasteiger charge is -2.23. The van der Waals surface area contributed by atoms with Crippen LogP contribution < -0.4 is 10.2 Å². The van der Waals surface area contributed by atoms with E-state index in [1.54, 1.807) is 11.8 Å². The number of nitrogens with zero attached hydrogens (tertiary/aromatic N) is 2. The summed E-state index contributed by atoms with van der Waals surface area (Å²) in [5.41, 5.74) is 3.04. The highest BCUT2D eigenvalue weighted by Crippen LogP contribution is 2.28. The Hall–Kier alpha value is -2.57. The van der Waals surface area contributed by atoms with Gasteiger partial charge in [-0.1, -0.05) is 6.07 Å². The minimum Gasteiger partial charge on any atom is -0.447 e. The monoisotopic (exact) mass is 345 g/mol. The Morgan fingerprint density at radius 1 is 1.28 bits per heavy atom. The number of carbonyl (C=O) groups excluding carboxylic acids is 3. The van der Waals surface area contributed by atoms with Crippen molar-refractivity contribution >= 4 is 23.6 Å². The first-order valence-electron chi connectivity index (χ1n) is 8.53. The molecule has 0 saturated carbocycles. The highest BCUT2D eigenvalue weighted by Gasteiger charge is 2.34. The van der Waals surface area contributed by atoms with Crippen molar-refractivity contribution in [1.29, 1.82) is 0 Å². The van der Waals surface area contributed by atoms with Crippen LogP contribution in [0.25, 0.3) is 0 Å². The standard InChI is InChI=1S/C18H23N3O4/c1-12(22)19-9-17-11-25-18(24)21(17)16-6-5-15-10-20(13(2)23)7-3-4-14(15)8-16/h5-6,8,17H,3-4,7,9-11H2,1-2H3,(H,19,22). The predicted octanol–water partition coefficient (Wildman–Crippen LogP) is 1.44. The van der Waals surface area contributed by atoms with Gasteiger partial charge in [0.2, 0.25) is 11.8 Å². The van der Waals surface area contributed by atoms with Gasteiger partial charge in [-0.05, 0) is 36.1 Å². The number of hydrogen-bond donors (Lipinski definition) is 1. The molecule has 1 aromatic rings. The zero-order valence-electron chi connectivity index (χ0n) is 14.6. The normalized spacial score (nSPS) is 19.9. The molecule has 0 bridgehead atoms. The summed E-state index contributed by atoms with van der Waals surface area (Å²) in [5.74, 6) is -0.0547. The molecule has 1 unspecified atom stereocenters. The van der Waals surface area contributed by atoms with Crippen LogP contribution in [0.15, 0.2) is 18.2 Å². The fourth-order valence-corrected chi connectivity index (χ4v) is 3.35. The van der Waals surface area contributed by atoms with E-state index in [0.29, 0.717) is 13.1 Å². The molecule has 1 fully saturated rings. The minimum absolute atomic E-state index is 0.0791. The van der Waals surface area contributed by atoms with Crippen molar-refractivity contribution in [2.75, 3.05) is 24.6 Å². The van der Waals surface area contributed by atoms with Crippen molar-refractivity contribution in [3.63, 3.8) is 0 Å². The Morgan fingerprint density at radius 3 is 2.80 bits per heavy atom. The Bertz CT molecular complexity index is 704. The third-order valence-electron chi connectivity index (χ3n) is 4.70. The smallest absolute Gasteiger partial charge is 0.414 e. The molecule has 0 spiro atoms. The maximum absolute atomic E-state index is 12.1. The highest BCUT2D eigenvalue weighted by molar-refractivity contribution is 5.90. The minimum atomic E-state index is -0.394. The zero-order valence-corrected chi connectivity index (χ0v) is 14.6. The number of rotatable bonds is 3. The molecule has 1 N–H and O–H groups in total. The van der Waals surface area contributed by atoms with Crippen molar-refractivity contribution in [2.24, 2.45) is 0 Å². The lowest BCUT2D eigenvalue weighted by atomic mass is 10.0. The largest absolute Gasteiger partial charge is 0.447 e. The molecule has 7 nitrogen and oxygen atoms in total. The van der Waals surface area contributed by atoms with Gasteiger partial charge in [0.05, 0.1) is 6.04 Å². The van der Waals surface area contributed by atoms with E-state index in [1.807, 2.05) is 23.1 Å². The fourth-order valence-electron chi connectivity index (χ4n) is 3.35. The molecule has 3 rings (SSSR count). The van der Waals surface area contributed by atoms with Gasteiger partial charge in [-0.15, -0.1) is 0 Å². The molecule has 3 amide bonds. The van der Waals surface area contributed by atoms with Gasteiger partial charge in [0.25, 0.3) is 0 Å². The van der Waals surface area contributed by atoms with E-state index in [4.69, 9.17) is 4.74 Å². The first-order chi connectivity index (χ1) is 12.0. The Labute approximate surface area is 146 Å². The molecular formula is C18H23N3O4. The van der Waals surface area contributed by atoms with Gasteiger partial charge < -0.3 is 15.0 Å². The Morgan fingerprint density at radius 2 is 2.08 bits per heavy atom. The number of benzene rings is 1. The number of cyclic esters (lactones) is 1. The number of hydrogen-bond acceptors (Lipinski definition) is 4. The summed E-state index contributed by atoms with van der Waals surface area (Å²) in [5, 5.41) is 2.74. The summed E-state index contributed by atoms with van der Waals surface area (Å²) < 4.78 is 5.16. The maximum Gasteiger partial charge on any atom is 0.414 e. The SMILES string of the molecule is CC(=O)NCC1COC(=O)N1c1ccc2c(c1)CCCN(C(C)=O)C2. The second kappa shape index (κ2) is 7.13. The molecule has 1 aromatic carbocycles. The van der Waals surface area contributed by atoms with Gasteiger partial charge in [-0.3, -0.25) is 14.5 Å². The fraction of sp³-hybridized carbons (Fsp3) is 0.500. The van der Waals surface area contributed by atoms with Gasteiger partial charge in [0.15, 0.2) is 0 Å². The molecule has 0 radical (unpaired) electrons. The number of aryl methyl sites for hydroxylation is 1. The van der Waals surface area contributed by atoms with E-state index in [0.717, 1.165) is 36.2 Å². The number of nitrogens with one attached hydrogen (secondary N) is 1. The first kappa shape index (κ1) is 17.3. The van der Waals surface area contributed by atoms with Gasteiger partial charge in [0, 0.05) is 39.2 Å². The lowest BCUT2D eigenvalue weighted by molar-refractivity contribution is -0.129. The third-order valence-corrected chi connectivity index (χ3v) is 4.70. The third kappa shape index (κ3) is 3.75. The summed E-state index contributed by atoms with van der Waals surface area (Å²) in [6.45, 7) is 5.00. The molecule has 2 aliphatic heterocycles. The molecule has 0 aromatic heterocycles. The van der Waals surface area contributed by atoms with Crippen molar-refractivity contribution in [3.05, 3.63) is 29.3 Å². The lowest BCUT2D eigenvalue weighted by Crippen LogP contribution is -2.42. The van der Waals surface area contributed by atoms with Crippen LogP contribution in [0.4, 0.5) is 10.5 Å². The Balaban J connectivity index is 1.83. The number of anilines is 1. The van der Waals surface area contributed by atoms with Crippen LogP contribution in [0.1, 0.15) is 31.4 Å². The Kier molecular flexibility index (Phi) is 4.92. The number of fused-ring (bicyclic) bond motifs is 1. The molecule has 134 valence electrons. The van der Waals surface area contributed by atoms with Gasteiger partial charge in [-0.2, -0.15) is 0 Å². The molecular weight excluding hydrogens is 322 g/mol. The van der Waals surface area contributed by atoms with Crippen molar-refractivity contribution in [2.45, 2.75) is 39.3 Å². The molecule has 0 aliphatic carbocycles. The summed E-state index contributed by atoms with van der Waals surface area (Å²) in [6.07, 6.45) is 1.37. The quantitative estimate of drug-likeness (QED) is 0.899. The first-order valence-corrected chi connectivity index (χ1v) is 8.53. The summed E-state index contributed by atoms with van der Waals surface area (Å²) >= 11 is 0. The average molecular weight is 345 g/mol. The molecule has 1 atom stereocenters. The predicted molar refractivity (Wildman–Crippen MR) is 92.2 cm³/mol. The highest BCUT2D eigenvalue weighted by atomic mass is 16.6. The molecule has 25 heavy (non-hydrogen) atoms. The number of ether oxygens (including phenoxy) is 1. The zero-order chi connectivity index (χ0) is 18.0. The molecule has 1 saturated heterocycles. The van der Waals surface area contributed by atoms with E-state index >= 15 is 0 Å². The summed E-state index contributed by atoms with van der Waals surface area (Å²) in [7, 11) is 0. The second-order valence-electron chi connectivity index (χ2n) is 6.53. The van der Waals surface area contributed by atoms with Crippen molar-refractivity contribution in [3.8, 4) is 0 Å². The van der Waals surface area contributed by atoms with Crippen LogP contribution in [0, 0.1) is 0 Å². The summed E-state index contributed by atoms with van der Waals surface area (Å²) in [6, 6.07) is 5.66. The molecule has 2 aliphatic rings. The topological polar surface area (TPSA) is 79.0 Å².